The van der Waals surface area contributed by atoms with Crippen LogP contribution in [0, 0.1) is 5.82 Å². The van der Waals surface area contributed by atoms with Gasteiger partial charge in [0.2, 0.25) is 0 Å². The third kappa shape index (κ3) is 3.35. The van der Waals surface area contributed by atoms with Gasteiger partial charge < -0.3 is 15.1 Å². The third-order valence-corrected chi connectivity index (χ3v) is 3.10. The van der Waals surface area contributed by atoms with E-state index < -0.39 is 0 Å². The number of halogens is 1. The molecule has 0 radical (unpaired) electrons. The maximum atomic E-state index is 13.3. The van der Waals surface area contributed by atoms with Crippen LogP contribution in [-0.2, 0) is 13.0 Å². The van der Waals surface area contributed by atoms with Gasteiger partial charge in [-0.05, 0) is 55.8 Å². The number of nitrogens with two attached hydrogens (primary N) is 1. The summed E-state index contributed by atoms with van der Waals surface area (Å²) in [6.45, 7) is 4.07. The maximum Gasteiger partial charge on any atom is 0.123 e. The van der Waals surface area contributed by atoms with Crippen molar-refractivity contribution in [1.29, 1.82) is 0 Å². The van der Waals surface area contributed by atoms with Crippen molar-refractivity contribution < 1.29 is 8.81 Å². The van der Waals surface area contributed by atoms with E-state index in [2.05, 4.69) is 11.8 Å². The van der Waals surface area contributed by atoms with E-state index in [1.54, 1.807) is 12.3 Å². The van der Waals surface area contributed by atoms with E-state index in [9.17, 15) is 4.39 Å². The molecular formula is C15H19FN2O. The molecule has 0 aliphatic rings. The lowest BCUT2D eigenvalue weighted by Gasteiger charge is -2.25. The smallest absolute Gasteiger partial charge is 0.123 e. The molecule has 1 aromatic carbocycles. The van der Waals surface area contributed by atoms with Crippen LogP contribution in [0.2, 0.25) is 0 Å². The topological polar surface area (TPSA) is 42.4 Å². The van der Waals surface area contributed by atoms with E-state index in [-0.39, 0.29) is 5.82 Å². The summed E-state index contributed by atoms with van der Waals surface area (Å²) in [4.78, 5) is 2.16. The number of anilines is 1. The van der Waals surface area contributed by atoms with Crippen molar-refractivity contribution in [2.45, 2.75) is 19.9 Å². The van der Waals surface area contributed by atoms with E-state index in [0.717, 1.165) is 23.6 Å². The molecule has 0 atom stereocenters. The molecule has 2 rings (SSSR count). The first-order chi connectivity index (χ1) is 9.24. The Morgan fingerprint density at radius 1 is 1.32 bits per heavy atom. The van der Waals surface area contributed by atoms with E-state index >= 15 is 0 Å². The van der Waals surface area contributed by atoms with Crippen molar-refractivity contribution in [3.63, 3.8) is 0 Å². The zero-order chi connectivity index (χ0) is 13.7. The van der Waals surface area contributed by atoms with Crippen LogP contribution in [0.4, 0.5) is 10.1 Å². The monoisotopic (exact) mass is 262 g/mol. The predicted molar refractivity (Wildman–Crippen MR) is 74.6 cm³/mol. The second-order valence-electron chi connectivity index (χ2n) is 4.41. The molecule has 0 saturated heterocycles. The fourth-order valence-electron chi connectivity index (χ4n) is 2.18. The predicted octanol–water partition coefficient (Wildman–Crippen LogP) is 2.95. The molecular weight excluding hydrogens is 243 g/mol. The van der Waals surface area contributed by atoms with E-state index in [1.807, 2.05) is 18.2 Å². The second kappa shape index (κ2) is 6.38. The van der Waals surface area contributed by atoms with Gasteiger partial charge in [0, 0.05) is 12.2 Å². The molecule has 4 heteroatoms. The highest BCUT2D eigenvalue weighted by Gasteiger charge is 2.12. The SMILES string of the molecule is CCN(Cc1ccco1)c1ccc(F)cc1CCN. The Hall–Kier alpha value is -1.81. The molecule has 0 aliphatic heterocycles. The molecule has 0 saturated carbocycles. The average molecular weight is 262 g/mol. The standard InChI is InChI=1S/C15H19FN2O/c1-2-18(11-14-4-3-9-19-14)15-6-5-13(16)10-12(15)7-8-17/h3-6,9-10H,2,7-8,11,17H2,1H3. The normalized spacial score (nSPS) is 10.7. The van der Waals surface area contributed by atoms with E-state index in [1.165, 1.54) is 6.07 Å². The van der Waals surface area contributed by atoms with Gasteiger partial charge in [-0.15, -0.1) is 0 Å². The lowest BCUT2D eigenvalue weighted by Crippen LogP contribution is -2.23. The number of benzene rings is 1. The van der Waals surface area contributed by atoms with Gasteiger partial charge in [0.1, 0.15) is 11.6 Å². The van der Waals surface area contributed by atoms with Crippen LogP contribution < -0.4 is 10.6 Å². The molecule has 2 N–H and O–H groups in total. The summed E-state index contributed by atoms with van der Waals surface area (Å²) in [7, 11) is 0. The minimum atomic E-state index is -0.221. The Labute approximate surface area is 112 Å². The average Bonchev–Trinajstić information content (AvgIpc) is 2.90. The van der Waals surface area contributed by atoms with Gasteiger partial charge in [0.15, 0.2) is 0 Å². The molecule has 0 unspecified atom stereocenters. The van der Waals surface area contributed by atoms with Crippen molar-refractivity contribution in [2.24, 2.45) is 5.73 Å². The summed E-state index contributed by atoms with van der Waals surface area (Å²) >= 11 is 0. The zero-order valence-electron chi connectivity index (χ0n) is 11.1. The van der Waals surface area contributed by atoms with Crippen molar-refractivity contribution >= 4 is 5.69 Å². The first-order valence-electron chi connectivity index (χ1n) is 6.50. The van der Waals surface area contributed by atoms with E-state index in [4.69, 9.17) is 10.2 Å². The quantitative estimate of drug-likeness (QED) is 0.870. The summed E-state index contributed by atoms with van der Waals surface area (Å²) in [6, 6.07) is 8.67. The Kier molecular flexibility index (Phi) is 4.58. The molecule has 2 aromatic rings. The van der Waals surface area contributed by atoms with E-state index in [0.29, 0.717) is 19.5 Å². The fraction of sp³-hybridized carbons (Fsp3) is 0.333. The molecule has 19 heavy (non-hydrogen) atoms. The first-order valence-corrected chi connectivity index (χ1v) is 6.50. The highest BCUT2D eigenvalue weighted by Crippen LogP contribution is 2.24. The lowest BCUT2D eigenvalue weighted by molar-refractivity contribution is 0.503. The van der Waals surface area contributed by atoms with Crippen LogP contribution in [0.1, 0.15) is 18.2 Å². The van der Waals surface area contributed by atoms with Crippen LogP contribution in [-0.4, -0.2) is 13.1 Å². The second-order valence-corrected chi connectivity index (χ2v) is 4.41. The number of hydrogen-bond donors (Lipinski definition) is 1. The maximum absolute atomic E-state index is 13.3. The molecule has 0 amide bonds. The van der Waals surface area contributed by atoms with Crippen LogP contribution in [0.15, 0.2) is 41.0 Å². The fourth-order valence-corrected chi connectivity index (χ4v) is 2.18. The summed E-state index contributed by atoms with van der Waals surface area (Å²) in [5, 5.41) is 0. The highest BCUT2D eigenvalue weighted by molar-refractivity contribution is 5.54. The molecule has 0 fully saturated rings. The molecule has 0 aliphatic carbocycles. The van der Waals surface area contributed by atoms with Crippen LogP contribution in [0.25, 0.3) is 0 Å². The van der Waals surface area contributed by atoms with Gasteiger partial charge in [0.25, 0.3) is 0 Å². The zero-order valence-corrected chi connectivity index (χ0v) is 11.1. The first kappa shape index (κ1) is 13.6. The summed E-state index contributed by atoms with van der Waals surface area (Å²) in [6.07, 6.45) is 2.33. The highest BCUT2D eigenvalue weighted by atomic mass is 19.1. The largest absolute Gasteiger partial charge is 0.467 e. The third-order valence-electron chi connectivity index (χ3n) is 3.10. The van der Waals surface area contributed by atoms with Gasteiger partial charge in [-0.2, -0.15) is 0 Å². The number of rotatable bonds is 6. The van der Waals surface area contributed by atoms with Crippen molar-refractivity contribution in [3.05, 3.63) is 53.7 Å². The molecule has 0 bridgehead atoms. The molecule has 102 valence electrons. The Morgan fingerprint density at radius 3 is 2.79 bits per heavy atom. The Morgan fingerprint density at radius 2 is 2.16 bits per heavy atom. The Bertz CT molecular complexity index is 511. The summed E-state index contributed by atoms with van der Waals surface area (Å²) in [5.41, 5.74) is 7.56. The van der Waals surface area contributed by atoms with Gasteiger partial charge >= 0.3 is 0 Å². The number of furan rings is 1. The summed E-state index contributed by atoms with van der Waals surface area (Å²) < 4.78 is 18.7. The molecule has 1 heterocycles. The van der Waals surface area contributed by atoms with Crippen molar-refractivity contribution in [3.8, 4) is 0 Å². The number of hydrogen-bond acceptors (Lipinski definition) is 3. The number of nitrogens with zero attached hydrogens (tertiary/aromatic N) is 1. The van der Waals surface area contributed by atoms with Gasteiger partial charge in [-0.3, -0.25) is 0 Å². The molecule has 3 nitrogen and oxygen atoms in total. The molecule has 0 spiro atoms. The summed E-state index contributed by atoms with van der Waals surface area (Å²) in [5.74, 6) is 0.672. The van der Waals surface area contributed by atoms with Gasteiger partial charge in [-0.25, -0.2) is 4.39 Å². The van der Waals surface area contributed by atoms with Gasteiger partial charge in [-0.1, -0.05) is 0 Å². The minimum absolute atomic E-state index is 0.221. The van der Waals surface area contributed by atoms with Crippen molar-refractivity contribution in [1.82, 2.24) is 0 Å². The van der Waals surface area contributed by atoms with Crippen molar-refractivity contribution in [2.75, 3.05) is 18.0 Å². The molecule has 1 aromatic heterocycles. The minimum Gasteiger partial charge on any atom is -0.467 e. The lowest BCUT2D eigenvalue weighted by atomic mass is 10.1. The van der Waals surface area contributed by atoms with Crippen LogP contribution in [0.5, 0.6) is 0 Å². The van der Waals surface area contributed by atoms with Crippen LogP contribution >= 0.6 is 0 Å². The Balaban J connectivity index is 2.26. The van der Waals surface area contributed by atoms with Gasteiger partial charge in [0.05, 0.1) is 12.8 Å². The van der Waals surface area contributed by atoms with Crippen LogP contribution in [0.3, 0.4) is 0 Å².